The minimum absolute atomic E-state index is 0.251. The fraction of sp³-hybridized carbons (Fsp3) is 0.818. The van der Waals surface area contributed by atoms with E-state index in [2.05, 4.69) is 10.2 Å². The number of likely N-dealkylation sites (N-methyl/N-ethyl adjacent to an activating group) is 1. The Hall–Kier alpha value is -0.940. The first kappa shape index (κ1) is 13.1. The summed E-state index contributed by atoms with van der Waals surface area (Å²) in [6.07, 6.45) is 0. The average Bonchev–Trinajstić information content (AvgIpc) is 2.48. The maximum absolute atomic E-state index is 9.65. The molecule has 1 aromatic heterocycles. The topological polar surface area (TPSA) is 62.4 Å². The third-order valence-corrected chi connectivity index (χ3v) is 2.04. The second-order valence-electron chi connectivity index (χ2n) is 5.17. The van der Waals surface area contributed by atoms with E-state index in [1.54, 1.807) is 13.8 Å². The van der Waals surface area contributed by atoms with Gasteiger partial charge < -0.3 is 9.52 Å². The number of aliphatic hydroxyl groups is 1. The van der Waals surface area contributed by atoms with Crippen molar-refractivity contribution in [3.63, 3.8) is 0 Å². The highest BCUT2D eigenvalue weighted by molar-refractivity contribution is 4.87. The van der Waals surface area contributed by atoms with Crippen molar-refractivity contribution in [3.8, 4) is 0 Å². The SMILES string of the molecule is CC(C)c1nnc(CN(C)CC(C)(C)O)o1. The van der Waals surface area contributed by atoms with Gasteiger partial charge in [0.1, 0.15) is 0 Å². The first-order chi connectivity index (χ1) is 7.28. The first-order valence-electron chi connectivity index (χ1n) is 5.51. The van der Waals surface area contributed by atoms with Gasteiger partial charge in [-0.15, -0.1) is 10.2 Å². The van der Waals surface area contributed by atoms with E-state index in [0.717, 1.165) is 0 Å². The Bertz CT molecular complexity index is 328. The Morgan fingerprint density at radius 2 is 2.00 bits per heavy atom. The molecule has 0 unspecified atom stereocenters. The quantitative estimate of drug-likeness (QED) is 0.823. The van der Waals surface area contributed by atoms with Crippen LogP contribution in [0.4, 0.5) is 0 Å². The van der Waals surface area contributed by atoms with Crippen molar-refractivity contribution in [1.29, 1.82) is 0 Å². The minimum Gasteiger partial charge on any atom is -0.424 e. The summed E-state index contributed by atoms with van der Waals surface area (Å²) in [6, 6.07) is 0. The summed E-state index contributed by atoms with van der Waals surface area (Å²) in [4.78, 5) is 1.96. The summed E-state index contributed by atoms with van der Waals surface area (Å²) in [6.45, 7) is 8.69. The molecule has 1 aromatic rings. The van der Waals surface area contributed by atoms with E-state index in [1.165, 1.54) is 0 Å². The zero-order chi connectivity index (χ0) is 12.3. The van der Waals surface area contributed by atoms with Crippen molar-refractivity contribution in [2.45, 2.75) is 45.8 Å². The molecular formula is C11H21N3O2. The van der Waals surface area contributed by atoms with Gasteiger partial charge in [0, 0.05) is 12.5 Å². The molecular weight excluding hydrogens is 206 g/mol. The van der Waals surface area contributed by atoms with E-state index in [1.807, 2.05) is 25.8 Å². The van der Waals surface area contributed by atoms with Crippen LogP contribution in [0.5, 0.6) is 0 Å². The van der Waals surface area contributed by atoms with Gasteiger partial charge in [-0.2, -0.15) is 0 Å². The van der Waals surface area contributed by atoms with Crippen molar-refractivity contribution < 1.29 is 9.52 Å². The second kappa shape index (κ2) is 4.93. The molecule has 0 radical (unpaired) electrons. The summed E-state index contributed by atoms with van der Waals surface area (Å²) >= 11 is 0. The molecule has 0 amide bonds. The van der Waals surface area contributed by atoms with Gasteiger partial charge in [0.25, 0.3) is 0 Å². The van der Waals surface area contributed by atoms with E-state index in [0.29, 0.717) is 24.9 Å². The second-order valence-corrected chi connectivity index (χ2v) is 5.17. The van der Waals surface area contributed by atoms with E-state index < -0.39 is 5.60 Å². The third-order valence-electron chi connectivity index (χ3n) is 2.04. The van der Waals surface area contributed by atoms with Gasteiger partial charge in [-0.1, -0.05) is 13.8 Å². The van der Waals surface area contributed by atoms with E-state index >= 15 is 0 Å². The van der Waals surface area contributed by atoms with Crippen LogP contribution in [0.1, 0.15) is 45.4 Å². The maximum Gasteiger partial charge on any atom is 0.230 e. The Kier molecular flexibility index (Phi) is 4.04. The Balaban J connectivity index is 2.53. The zero-order valence-corrected chi connectivity index (χ0v) is 10.7. The molecule has 0 saturated heterocycles. The molecule has 5 heteroatoms. The van der Waals surface area contributed by atoms with Crippen LogP contribution in [-0.2, 0) is 6.54 Å². The highest BCUT2D eigenvalue weighted by Crippen LogP contribution is 2.13. The molecule has 0 aliphatic rings. The fourth-order valence-corrected chi connectivity index (χ4v) is 1.51. The lowest BCUT2D eigenvalue weighted by molar-refractivity contribution is 0.0401. The predicted molar refractivity (Wildman–Crippen MR) is 61.0 cm³/mol. The molecule has 0 aliphatic carbocycles. The van der Waals surface area contributed by atoms with E-state index in [4.69, 9.17) is 4.42 Å². The van der Waals surface area contributed by atoms with Crippen molar-refractivity contribution in [1.82, 2.24) is 15.1 Å². The summed E-state index contributed by atoms with van der Waals surface area (Å²) in [7, 11) is 1.91. The molecule has 0 aromatic carbocycles. The molecule has 16 heavy (non-hydrogen) atoms. The molecule has 0 fully saturated rings. The summed E-state index contributed by atoms with van der Waals surface area (Å²) < 4.78 is 5.48. The number of aromatic nitrogens is 2. The monoisotopic (exact) mass is 227 g/mol. The molecule has 0 bridgehead atoms. The van der Waals surface area contributed by atoms with Gasteiger partial charge in [-0.05, 0) is 20.9 Å². The van der Waals surface area contributed by atoms with Crippen molar-refractivity contribution in [2.24, 2.45) is 0 Å². The Morgan fingerprint density at radius 1 is 1.38 bits per heavy atom. The van der Waals surface area contributed by atoms with Gasteiger partial charge in [0.15, 0.2) is 0 Å². The van der Waals surface area contributed by atoms with Crippen LogP contribution in [0.25, 0.3) is 0 Å². The van der Waals surface area contributed by atoms with Crippen LogP contribution in [0, 0.1) is 0 Å². The van der Waals surface area contributed by atoms with E-state index in [9.17, 15) is 5.11 Å². The lowest BCUT2D eigenvalue weighted by atomic mass is 10.1. The molecule has 92 valence electrons. The molecule has 0 atom stereocenters. The number of hydrogen-bond acceptors (Lipinski definition) is 5. The van der Waals surface area contributed by atoms with Gasteiger partial charge in [0.2, 0.25) is 11.8 Å². The summed E-state index contributed by atoms with van der Waals surface area (Å²) in [5, 5.41) is 17.6. The Labute approximate surface area is 96.5 Å². The predicted octanol–water partition coefficient (Wildman–Crippen LogP) is 1.40. The minimum atomic E-state index is -0.713. The van der Waals surface area contributed by atoms with Gasteiger partial charge in [-0.3, -0.25) is 4.90 Å². The average molecular weight is 227 g/mol. The van der Waals surface area contributed by atoms with Crippen molar-refractivity contribution >= 4 is 0 Å². The van der Waals surface area contributed by atoms with Gasteiger partial charge >= 0.3 is 0 Å². The smallest absolute Gasteiger partial charge is 0.230 e. The fourth-order valence-electron chi connectivity index (χ4n) is 1.51. The van der Waals surface area contributed by atoms with Crippen LogP contribution in [0.2, 0.25) is 0 Å². The first-order valence-corrected chi connectivity index (χ1v) is 5.51. The molecule has 0 spiro atoms. The molecule has 1 N–H and O–H groups in total. The molecule has 0 saturated carbocycles. The highest BCUT2D eigenvalue weighted by atomic mass is 16.4. The number of rotatable bonds is 5. The largest absolute Gasteiger partial charge is 0.424 e. The molecule has 5 nitrogen and oxygen atoms in total. The van der Waals surface area contributed by atoms with Gasteiger partial charge in [0.05, 0.1) is 12.1 Å². The maximum atomic E-state index is 9.65. The summed E-state index contributed by atoms with van der Waals surface area (Å²) in [5.74, 6) is 1.50. The molecule has 1 rings (SSSR count). The van der Waals surface area contributed by atoms with Crippen LogP contribution in [0.3, 0.4) is 0 Å². The zero-order valence-electron chi connectivity index (χ0n) is 10.7. The highest BCUT2D eigenvalue weighted by Gasteiger charge is 2.17. The standard InChI is InChI=1S/C11H21N3O2/c1-8(2)10-13-12-9(16-10)6-14(5)7-11(3,4)15/h8,15H,6-7H2,1-5H3. The van der Waals surface area contributed by atoms with Crippen LogP contribution < -0.4 is 0 Å². The molecule has 0 aliphatic heterocycles. The third kappa shape index (κ3) is 4.28. The van der Waals surface area contributed by atoms with Gasteiger partial charge in [-0.25, -0.2) is 0 Å². The summed E-state index contributed by atoms with van der Waals surface area (Å²) in [5.41, 5.74) is -0.713. The molecule has 1 heterocycles. The van der Waals surface area contributed by atoms with Crippen LogP contribution >= 0.6 is 0 Å². The number of nitrogens with zero attached hydrogens (tertiary/aromatic N) is 3. The van der Waals surface area contributed by atoms with Crippen molar-refractivity contribution in [2.75, 3.05) is 13.6 Å². The lowest BCUT2D eigenvalue weighted by Crippen LogP contribution is -2.35. The lowest BCUT2D eigenvalue weighted by Gasteiger charge is -2.24. The van der Waals surface area contributed by atoms with E-state index in [-0.39, 0.29) is 5.92 Å². The van der Waals surface area contributed by atoms with Crippen LogP contribution in [-0.4, -0.2) is 39.4 Å². The van der Waals surface area contributed by atoms with Crippen LogP contribution in [0.15, 0.2) is 4.42 Å². The Morgan fingerprint density at radius 3 is 2.44 bits per heavy atom. The normalized spacial score (nSPS) is 12.8. The van der Waals surface area contributed by atoms with Crippen molar-refractivity contribution in [3.05, 3.63) is 11.8 Å². The number of hydrogen-bond donors (Lipinski definition) is 1.